The fourth-order valence-electron chi connectivity index (χ4n) is 3.70. The number of benzene rings is 5. The maximum Gasteiger partial charge on any atom is 0.0497 e. The van der Waals surface area contributed by atoms with Crippen molar-refractivity contribution in [1.29, 1.82) is 0 Å². The summed E-state index contributed by atoms with van der Waals surface area (Å²) < 4.78 is 0. The Bertz CT molecular complexity index is 1220. The third-order valence-electron chi connectivity index (χ3n) is 4.72. The molecule has 0 amide bonds. The van der Waals surface area contributed by atoms with E-state index in [4.69, 9.17) is 23.2 Å². The first-order valence-corrected chi connectivity index (χ1v) is 8.60. The molecule has 5 aromatic carbocycles. The van der Waals surface area contributed by atoms with Crippen LogP contribution in [0, 0.1) is 0 Å². The predicted octanol–water partition coefficient (Wildman–Crippen LogP) is 7.56. The van der Waals surface area contributed by atoms with Crippen LogP contribution in [0.25, 0.3) is 43.4 Å². The van der Waals surface area contributed by atoms with Crippen LogP contribution in [-0.4, -0.2) is 0 Å². The molecule has 0 unspecified atom stereocenters. The molecule has 0 heterocycles. The summed E-state index contributed by atoms with van der Waals surface area (Å²) >= 11 is 12.9. The normalized spacial score (nSPS) is 11.8. The van der Waals surface area contributed by atoms with E-state index in [0.29, 0.717) is 0 Å². The smallest absolute Gasteiger partial charge is 0.0497 e. The second kappa shape index (κ2) is 5.11. The second-order valence-electron chi connectivity index (χ2n) is 6.10. The van der Waals surface area contributed by atoms with Gasteiger partial charge in [-0.1, -0.05) is 77.8 Å². The van der Waals surface area contributed by atoms with Gasteiger partial charge in [-0.3, -0.25) is 0 Å². The first kappa shape index (κ1) is 14.1. The minimum absolute atomic E-state index is 0.731. The Hall–Kier alpha value is -2.28. The molecule has 0 bridgehead atoms. The number of hydrogen-bond acceptors (Lipinski definition) is 0. The molecule has 0 aliphatic rings. The molecule has 0 atom stereocenters. The lowest BCUT2D eigenvalue weighted by Gasteiger charge is -2.15. The van der Waals surface area contributed by atoms with Crippen LogP contribution in [0.1, 0.15) is 0 Å². The Labute approximate surface area is 149 Å². The lowest BCUT2D eigenvalue weighted by Crippen LogP contribution is -1.88. The van der Waals surface area contributed by atoms with Gasteiger partial charge in [-0.25, -0.2) is 0 Å². The molecule has 2 heteroatoms. The maximum atomic E-state index is 6.72. The van der Waals surface area contributed by atoms with Gasteiger partial charge in [0.1, 0.15) is 0 Å². The quantitative estimate of drug-likeness (QED) is 0.275. The van der Waals surface area contributed by atoms with Crippen LogP contribution in [0.4, 0.5) is 0 Å². The zero-order valence-electron chi connectivity index (χ0n) is 12.7. The van der Waals surface area contributed by atoms with Crippen LogP contribution >= 0.6 is 23.2 Å². The summed E-state index contributed by atoms with van der Waals surface area (Å²) in [7, 11) is 0. The van der Waals surface area contributed by atoms with Crippen LogP contribution in [0.5, 0.6) is 0 Å². The van der Waals surface area contributed by atoms with Gasteiger partial charge in [0, 0.05) is 15.4 Å². The standard InChI is InChI=1S/C22H12Cl2/c23-17-6-2-4-15(11-17)18-10-9-14-8-7-13-3-1-5-16-12-19(24)22(18)21(14)20(13)16/h1-12H. The van der Waals surface area contributed by atoms with Gasteiger partial charge in [0.15, 0.2) is 0 Å². The van der Waals surface area contributed by atoms with E-state index in [1.54, 1.807) is 0 Å². The molecule has 0 aromatic heterocycles. The van der Waals surface area contributed by atoms with E-state index in [9.17, 15) is 0 Å². The van der Waals surface area contributed by atoms with Crippen LogP contribution in [0.3, 0.4) is 0 Å². The first-order valence-electron chi connectivity index (χ1n) is 7.84. The molecule has 0 fully saturated rings. The highest BCUT2D eigenvalue weighted by molar-refractivity contribution is 6.41. The van der Waals surface area contributed by atoms with Crippen molar-refractivity contribution < 1.29 is 0 Å². The van der Waals surface area contributed by atoms with Gasteiger partial charge in [-0.05, 0) is 56.3 Å². The molecule has 0 saturated heterocycles. The predicted molar refractivity (Wildman–Crippen MR) is 106 cm³/mol. The van der Waals surface area contributed by atoms with E-state index in [0.717, 1.165) is 26.6 Å². The number of hydrogen-bond donors (Lipinski definition) is 0. The number of halogens is 2. The van der Waals surface area contributed by atoms with E-state index >= 15 is 0 Å². The van der Waals surface area contributed by atoms with Crippen LogP contribution < -0.4 is 0 Å². The molecule has 0 saturated carbocycles. The lowest BCUT2D eigenvalue weighted by molar-refractivity contribution is 1.66. The largest absolute Gasteiger partial charge is 0.0843 e. The summed E-state index contributed by atoms with van der Waals surface area (Å²) in [6.07, 6.45) is 0. The second-order valence-corrected chi connectivity index (χ2v) is 6.94. The highest BCUT2D eigenvalue weighted by Crippen LogP contribution is 2.43. The van der Waals surface area contributed by atoms with Crippen LogP contribution in [0.2, 0.25) is 10.0 Å². The Kier molecular flexibility index (Phi) is 3.00. The van der Waals surface area contributed by atoms with E-state index in [1.807, 2.05) is 18.2 Å². The molecular weight excluding hydrogens is 335 g/mol. The van der Waals surface area contributed by atoms with Crippen molar-refractivity contribution in [1.82, 2.24) is 0 Å². The molecule has 0 N–H and O–H groups in total. The van der Waals surface area contributed by atoms with E-state index in [-0.39, 0.29) is 0 Å². The Morgan fingerprint density at radius 3 is 2.08 bits per heavy atom. The third-order valence-corrected chi connectivity index (χ3v) is 5.25. The van der Waals surface area contributed by atoms with Crippen molar-refractivity contribution in [3.8, 4) is 11.1 Å². The fourth-order valence-corrected chi connectivity index (χ4v) is 4.20. The zero-order chi connectivity index (χ0) is 16.3. The summed E-state index contributed by atoms with van der Waals surface area (Å²) in [6, 6.07) is 25.0. The zero-order valence-corrected chi connectivity index (χ0v) is 14.2. The van der Waals surface area contributed by atoms with Crippen molar-refractivity contribution in [2.45, 2.75) is 0 Å². The van der Waals surface area contributed by atoms with Crippen molar-refractivity contribution in [2.75, 3.05) is 0 Å². The average molecular weight is 347 g/mol. The SMILES string of the molecule is Clc1cccc(-c2ccc3ccc4cccc5cc(Cl)c2c3c45)c1. The fraction of sp³-hybridized carbons (Fsp3) is 0. The van der Waals surface area contributed by atoms with E-state index in [1.165, 1.54) is 26.9 Å². The topological polar surface area (TPSA) is 0 Å². The minimum atomic E-state index is 0.731. The van der Waals surface area contributed by atoms with Gasteiger partial charge >= 0.3 is 0 Å². The van der Waals surface area contributed by atoms with Gasteiger partial charge in [0.2, 0.25) is 0 Å². The monoisotopic (exact) mass is 346 g/mol. The molecule has 114 valence electrons. The Morgan fingerprint density at radius 1 is 0.542 bits per heavy atom. The van der Waals surface area contributed by atoms with Gasteiger partial charge < -0.3 is 0 Å². The van der Waals surface area contributed by atoms with Gasteiger partial charge in [-0.2, -0.15) is 0 Å². The lowest BCUT2D eigenvalue weighted by atomic mass is 9.90. The summed E-state index contributed by atoms with van der Waals surface area (Å²) in [4.78, 5) is 0. The molecule has 5 aromatic rings. The summed E-state index contributed by atoms with van der Waals surface area (Å²) in [6.45, 7) is 0. The summed E-state index contributed by atoms with van der Waals surface area (Å²) in [5, 5.41) is 8.74. The molecule has 0 nitrogen and oxygen atoms in total. The highest BCUT2D eigenvalue weighted by Gasteiger charge is 2.15. The molecule has 0 aliphatic heterocycles. The first-order chi connectivity index (χ1) is 11.7. The third kappa shape index (κ3) is 1.94. The molecule has 0 spiro atoms. The molecule has 0 aliphatic carbocycles. The van der Waals surface area contributed by atoms with Crippen molar-refractivity contribution >= 4 is 55.5 Å². The molecule has 0 radical (unpaired) electrons. The Morgan fingerprint density at radius 2 is 1.25 bits per heavy atom. The van der Waals surface area contributed by atoms with Gasteiger partial charge in [0.25, 0.3) is 0 Å². The Balaban J connectivity index is 2.03. The van der Waals surface area contributed by atoms with Crippen molar-refractivity contribution in [2.24, 2.45) is 0 Å². The number of rotatable bonds is 1. The molecule has 24 heavy (non-hydrogen) atoms. The van der Waals surface area contributed by atoms with Gasteiger partial charge in [-0.15, -0.1) is 0 Å². The van der Waals surface area contributed by atoms with Crippen molar-refractivity contribution in [3.05, 3.63) is 82.8 Å². The molecule has 5 rings (SSSR count). The van der Waals surface area contributed by atoms with Crippen LogP contribution in [0.15, 0.2) is 72.8 Å². The van der Waals surface area contributed by atoms with E-state index in [2.05, 4.69) is 54.6 Å². The summed E-state index contributed by atoms with van der Waals surface area (Å²) in [5.41, 5.74) is 2.20. The maximum absolute atomic E-state index is 6.72. The van der Waals surface area contributed by atoms with Crippen LogP contribution in [-0.2, 0) is 0 Å². The van der Waals surface area contributed by atoms with E-state index < -0.39 is 0 Å². The van der Waals surface area contributed by atoms with Crippen molar-refractivity contribution in [3.63, 3.8) is 0 Å². The van der Waals surface area contributed by atoms with Gasteiger partial charge in [0.05, 0.1) is 0 Å². The summed E-state index contributed by atoms with van der Waals surface area (Å²) in [5.74, 6) is 0. The average Bonchev–Trinajstić information content (AvgIpc) is 2.60. The minimum Gasteiger partial charge on any atom is -0.0843 e. The highest BCUT2D eigenvalue weighted by atomic mass is 35.5. The molecular formula is C22H12Cl2.